The van der Waals surface area contributed by atoms with E-state index >= 15 is 0 Å². The number of nitrogens with zero attached hydrogens (tertiary/aromatic N) is 1. The van der Waals surface area contributed by atoms with Gasteiger partial charge in [0.1, 0.15) is 6.54 Å². The molecule has 0 saturated carbocycles. The van der Waals surface area contributed by atoms with Crippen molar-refractivity contribution >= 4 is 21.8 Å². The van der Waals surface area contributed by atoms with Crippen LogP contribution in [-0.2, 0) is 17.8 Å². The number of pyridine rings is 1. The molecule has 0 radical (unpaired) electrons. The molecular formula is C16H17BrN2O2. The van der Waals surface area contributed by atoms with Crippen molar-refractivity contribution in [3.05, 3.63) is 68.5 Å². The zero-order valence-electron chi connectivity index (χ0n) is 11.8. The predicted octanol–water partition coefficient (Wildman–Crippen LogP) is 2.28. The van der Waals surface area contributed by atoms with E-state index in [1.807, 2.05) is 37.3 Å². The summed E-state index contributed by atoms with van der Waals surface area (Å²) in [5, 5.41) is 2.83. The number of hydrogen-bond donors (Lipinski definition) is 1. The maximum atomic E-state index is 11.9. The van der Waals surface area contributed by atoms with Crippen LogP contribution in [0, 0.1) is 6.92 Å². The first kappa shape index (κ1) is 15.5. The first-order valence-corrected chi connectivity index (χ1v) is 7.53. The molecule has 0 atom stereocenters. The van der Waals surface area contributed by atoms with Crippen molar-refractivity contribution in [2.75, 3.05) is 6.54 Å². The Kier molecular flexibility index (Phi) is 5.33. The van der Waals surface area contributed by atoms with Gasteiger partial charge in [-0.05, 0) is 46.5 Å². The van der Waals surface area contributed by atoms with Crippen LogP contribution < -0.4 is 10.9 Å². The Morgan fingerprint density at radius 1 is 1.29 bits per heavy atom. The van der Waals surface area contributed by atoms with Gasteiger partial charge in [-0.25, -0.2) is 0 Å². The van der Waals surface area contributed by atoms with E-state index in [0.29, 0.717) is 11.0 Å². The molecule has 21 heavy (non-hydrogen) atoms. The summed E-state index contributed by atoms with van der Waals surface area (Å²) in [5.74, 6) is -0.162. The Balaban J connectivity index is 1.89. The summed E-state index contributed by atoms with van der Waals surface area (Å²) < 4.78 is 1.89. The first-order chi connectivity index (χ1) is 10.1. The second kappa shape index (κ2) is 7.22. The molecule has 110 valence electrons. The monoisotopic (exact) mass is 348 g/mol. The summed E-state index contributed by atoms with van der Waals surface area (Å²) in [6.45, 7) is 2.48. The van der Waals surface area contributed by atoms with Crippen LogP contribution in [0.4, 0.5) is 0 Å². The predicted molar refractivity (Wildman–Crippen MR) is 86.3 cm³/mol. The van der Waals surface area contributed by atoms with Crippen LogP contribution in [0.2, 0.25) is 0 Å². The van der Waals surface area contributed by atoms with Gasteiger partial charge in [0.05, 0.1) is 4.47 Å². The van der Waals surface area contributed by atoms with E-state index < -0.39 is 0 Å². The minimum Gasteiger partial charge on any atom is -0.354 e. The minimum atomic E-state index is -0.196. The molecule has 1 heterocycles. The van der Waals surface area contributed by atoms with Crippen molar-refractivity contribution in [3.63, 3.8) is 0 Å². The number of nitrogens with one attached hydrogen (secondary N) is 1. The Bertz CT molecular complexity index is 680. The van der Waals surface area contributed by atoms with E-state index in [1.165, 1.54) is 10.1 Å². The summed E-state index contributed by atoms with van der Waals surface area (Å²) in [4.78, 5) is 23.8. The average Bonchev–Trinajstić information content (AvgIpc) is 2.45. The lowest BCUT2D eigenvalue weighted by Gasteiger charge is -2.09. The fourth-order valence-electron chi connectivity index (χ4n) is 2.06. The van der Waals surface area contributed by atoms with Gasteiger partial charge in [0, 0.05) is 12.7 Å². The van der Waals surface area contributed by atoms with Crippen molar-refractivity contribution < 1.29 is 4.79 Å². The summed E-state index contributed by atoms with van der Waals surface area (Å²) in [6, 6.07) is 11.7. The van der Waals surface area contributed by atoms with E-state index in [2.05, 4.69) is 21.2 Å². The molecule has 1 amide bonds. The molecule has 0 aliphatic carbocycles. The maximum Gasteiger partial charge on any atom is 0.265 e. The topological polar surface area (TPSA) is 51.1 Å². The third-order valence-corrected chi connectivity index (χ3v) is 3.64. The molecule has 1 aromatic heterocycles. The van der Waals surface area contributed by atoms with Crippen molar-refractivity contribution in [2.24, 2.45) is 0 Å². The van der Waals surface area contributed by atoms with Gasteiger partial charge in [0.15, 0.2) is 0 Å². The fraction of sp³-hybridized carbons (Fsp3) is 0.250. The zero-order chi connectivity index (χ0) is 15.2. The van der Waals surface area contributed by atoms with Gasteiger partial charge in [0.25, 0.3) is 5.56 Å². The molecule has 0 bridgehead atoms. The highest BCUT2D eigenvalue weighted by Gasteiger charge is 2.07. The molecule has 1 aromatic carbocycles. The number of halogens is 1. The number of benzene rings is 1. The lowest BCUT2D eigenvalue weighted by Crippen LogP contribution is -2.33. The molecule has 4 nitrogen and oxygen atoms in total. The van der Waals surface area contributed by atoms with E-state index in [0.717, 1.165) is 12.0 Å². The second-order valence-electron chi connectivity index (χ2n) is 4.88. The van der Waals surface area contributed by atoms with Crippen LogP contribution in [0.15, 0.2) is 51.9 Å². The zero-order valence-corrected chi connectivity index (χ0v) is 13.4. The molecule has 0 saturated heterocycles. The Hall–Kier alpha value is -1.88. The average molecular weight is 349 g/mol. The Labute approximate surface area is 131 Å². The number of hydrogen-bond acceptors (Lipinski definition) is 2. The third kappa shape index (κ3) is 4.56. The molecule has 5 heteroatoms. The largest absolute Gasteiger partial charge is 0.354 e. The lowest BCUT2D eigenvalue weighted by atomic mass is 10.1. The second-order valence-corrected chi connectivity index (χ2v) is 5.74. The van der Waals surface area contributed by atoms with Crippen molar-refractivity contribution in [1.29, 1.82) is 0 Å². The van der Waals surface area contributed by atoms with Gasteiger partial charge in [-0.15, -0.1) is 0 Å². The summed E-state index contributed by atoms with van der Waals surface area (Å²) in [7, 11) is 0. The molecule has 0 aliphatic rings. The van der Waals surface area contributed by atoms with Crippen molar-refractivity contribution in [3.8, 4) is 0 Å². The Morgan fingerprint density at radius 2 is 2.00 bits per heavy atom. The van der Waals surface area contributed by atoms with Gasteiger partial charge >= 0.3 is 0 Å². The van der Waals surface area contributed by atoms with E-state index in [9.17, 15) is 9.59 Å². The van der Waals surface area contributed by atoms with Crippen molar-refractivity contribution in [1.82, 2.24) is 9.88 Å². The molecule has 0 unspecified atom stereocenters. The van der Waals surface area contributed by atoms with Crippen LogP contribution in [-0.4, -0.2) is 17.0 Å². The van der Waals surface area contributed by atoms with Gasteiger partial charge in [-0.2, -0.15) is 0 Å². The van der Waals surface area contributed by atoms with Crippen LogP contribution in [0.1, 0.15) is 11.1 Å². The van der Waals surface area contributed by atoms with E-state index in [1.54, 1.807) is 12.3 Å². The summed E-state index contributed by atoms with van der Waals surface area (Å²) in [6.07, 6.45) is 2.46. The highest BCUT2D eigenvalue weighted by Crippen LogP contribution is 2.05. The van der Waals surface area contributed by atoms with Gasteiger partial charge in [0.2, 0.25) is 5.91 Å². The number of carbonyl (C=O) groups is 1. The molecule has 0 fully saturated rings. The molecule has 0 spiro atoms. The van der Waals surface area contributed by atoms with Crippen molar-refractivity contribution in [2.45, 2.75) is 19.9 Å². The Morgan fingerprint density at radius 3 is 2.71 bits per heavy atom. The number of aromatic nitrogens is 1. The number of aryl methyl sites for hydroxylation is 1. The lowest BCUT2D eigenvalue weighted by molar-refractivity contribution is -0.121. The molecule has 2 aromatic rings. The van der Waals surface area contributed by atoms with Crippen LogP contribution in [0.25, 0.3) is 0 Å². The normalized spacial score (nSPS) is 10.4. The standard InChI is InChI=1S/C16H17BrN2O2/c1-12-9-14(17)16(21)19(10-12)11-15(20)18-8-7-13-5-3-2-4-6-13/h2-6,9-10H,7-8,11H2,1H3,(H,18,20). The highest BCUT2D eigenvalue weighted by molar-refractivity contribution is 9.10. The smallest absolute Gasteiger partial charge is 0.265 e. The quantitative estimate of drug-likeness (QED) is 0.901. The van der Waals surface area contributed by atoms with Gasteiger partial charge < -0.3 is 9.88 Å². The van der Waals surface area contributed by atoms with Crippen LogP contribution in [0.3, 0.4) is 0 Å². The molecule has 1 N–H and O–H groups in total. The number of amides is 1. The molecular weight excluding hydrogens is 332 g/mol. The number of rotatable bonds is 5. The first-order valence-electron chi connectivity index (χ1n) is 6.73. The molecule has 2 rings (SSSR count). The summed E-state index contributed by atoms with van der Waals surface area (Å²) in [5.41, 5.74) is 1.91. The minimum absolute atomic E-state index is 0.0356. The SMILES string of the molecule is Cc1cc(Br)c(=O)n(CC(=O)NCCc2ccccc2)c1. The van der Waals surface area contributed by atoms with Gasteiger partial charge in [-0.1, -0.05) is 30.3 Å². The highest BCUT2D eigenvalue weighted by atomic mass is 79.9. The number of carbonyl (C=O) groups excluding carboxylic acids is 1. The van der Waals surface area contributed by atoms with Gasteiger partial charge in [-0.3, -0.25) is 9.59 Å². The van der Waals surface area contributed by atoms with E-state index in [4.69, 9.17) is 0 Å². The van der Waals surface area contributed by atoms with Crippen LogP contribution >= 0.6 is 15.9 Å². The summed E-state index contributed by atoms with van der Waals surface area (Å²) >= 11 is 3.21. The maximum absolute atomic E-state index is 11.9. The van der Waals surface area contributed by atoms with Crippen LogP contribution in [0.5, 0.6) is 0 Å². The fourth-order valence-corrected chi connectivity index (χ4v) is 2.65. The van der Waals surface area contributed by atoms with E-state index in [-0.39, 0.29) is 18.0 Å². The third-order valence-electron chi connectivity index (χ3n) is 3.07. The molecule has 0 aliphatic heterocycles.